The minimum Gasteiger partial charge on any atom is -0.400 e. The third kappa shape index (κ3) is 24.2. The second-order valence-electron chi connectivity index (χ2n) is 22.7. The van der Waals surface area contributed by atoms with Crippen LogP contribution in [0.25, 0.3) is 78.7 Å². The van der Waals surface area contributed by atoms with E-state index in [2.05, 4.69) is 172 Å². The molecule has 0 N–H and O–H groups in total. The van der Waals surface area contributed by atoms with Crippen molar-refractivity contribution < 1.29 is 49.5 Å². The molecule has 0 saturated carbocycles. The molecule has 7 heterocycles. The first kappa shape index (κ1) is 75.8. The van der Waals surface area contributed by atoms with Gasteiger partial charge in [0.25, 0.3) is 0 Å². The zero-order valence-electron chi connectivity index (χ0n) is 55.3. The van der Waals surface area contributed by atoms with Crippen molar-refractivity contribution in [3.05, 3.63) is 380 Å². The molecular weight excluding hydrogens is 1620 g/mol. The molecule has 0 unspecified atom stereocenters. The summed E-state index contributed by atoms with van der Waals surface area (Å²) >= 11 is 3.35. The number of nitrogens with zero attached hydrogens (tertiary/aromatic N) is 6. The molecule has 0 amide bonds. The molecule has 15 rings (SSSR count). The van der Waals surface area contributed by atoms with E-state index >= 15 is 0 Å². The minimum atomic E-state index is -0.355. The Hall–Kier alpha value is -9.58. The van der Waals surface area contributed by atoms with Crippen LogP contribution in [0.15, 0.2) is 333 Å². The maximum absolute atomic E-state index is 6.08. The predicted molar refractivity (Wildman–Crippen MR) is 396 cm³/mol. The quantitative estimate of drug-likeness (QED) is 0.110. The van der Waals surface area contributed by atoms with Crippen molar-refractivity contribution in [1.29, 1.82) is 0 Å². The van der Waals surface area contributed by atoms with Gasteiger partial charge in [-0.3, -0.25) is 0 Å². The number of rotatable bonds is 8. The Morgan fingerprint density at radius 2 is 0.582 bits per heavy atom. The fourth-order valence-corrected chi connectivity index (χ4v) is 9.44. The van der Waals surface area contributed by atoms with E-state index < -0.39 is 0 Å². The molecule has 98 heavy (non-hydrogen) atoms. The third-order valence-corrected chi connectivity index (χ3v) is 15.6. The first-order chi connectivity index (χ1) is 46.9. The van der Waals surface area contributed by atoms with Gasteiger partial charge in [-0.05, 0) is 130 Å². The molecular formula is C86H72BBrIr2N6O2. The van der Waals surface area contributed by atoms with E-state index in [0.29, 0.717) is 0 Å². The Balaban J connectivity index is 0.000000164. The Morgan fingerprint density at radius 1 is 0.296 bits per heavy atom. The number of aryl methyl sites for hydroxylation is 2. The Labute approximate surface area is 614 Å². The number of benzene rings is 8. The molecule has 6 aromatic heterocycles. The van der Waals surface area contributed by atoms with Gasteiger partial charge in [-0.2, -0.15) is 0 Å². The van der Waals surface area contributed by atoms with Gasteiger partial charge >= 0.3 is 47.3 Å². The summed E-state index contributed by atoms with van der Waals surface area (Å²) in [6.45, 7) is 12.4. The van der Waals surface area contributed by atoms with E-state index in [1.807, 2.05) is 249 Å². The number of halogens is 1. The molecule has 486 valence electrons. The van der Waals surface area contributed by atoms with Gasteiger partial charge in [-0.1, -0.05) is 136 Å². The van der Waals surface area contributed by atoms with Gasteiger partial charge in [0, 0.05) is 41.7 Å². The predicted octanol–water partition coefficient (Wildman–Crippen LogP) is 20.3. The third-order valence-electron chi connectivity index (χ3n) is 15.0. The molecule has 1 aliphatic heterocycles. The Kier molecular flexibility index (Phi) is 31.1. The summed E-state index contributed by atoms with van der Waals surface area (Å²) in [7, 11) is -0.355. The van der Waals surface area contributed by atoms with Crippen LogP contribution in [-0.4, -0.2) is 48.2 Å². The molecule has 8 nitrogen and oxygen atoms in total. The van der Waals surface area contributed by atoms with Gasteiger partial charge in [0.15, 0.2) is 0 Å². The fourth-order valence-electron chi connectivity index (χ4n) is 9.17. The number of hydrogen-bond acceptors (Lipinski definition) is 8. The topological polar surface area (TPSA) is 95.8 Å². The molecule has 0 bridgehead atoms. The van der Waals surface area contributed by atoms with Gasteiger partial charge in [0.2, 0.25) is 0 Å². The monoisotopic (exact) mass is 1700 g/mol. The van der Waals surface area contributed by atoms with Crippen LogP contribution in [0, 0.1) is 50.2 Å². The maximum Gasteiger partial charge on any atom is 3.00 e. The van der Waals surface area contributed by atoms with Crippen LogP contribution in [0.5, 0.6) is 0 Å². The minimum absolute atomic E-state index is 0. The first-order valence-corrected chi connectivity index (χ1v) is 32.2. The van der Waals surface area contributed by atoms with Crippen LogP contribution in [0.4, 0.5) is 0 Å². The van der Waals surface area contributed by atoms with E-state index in [-0.39, 0.29) is 58.5 Å². The van der Waals surface area contributed by atoms with Crippen LogP contribution < -0.4 is 5.46 Å². The standard InChI is InChI=1S/C18H14N.C17H19BNO2.4C11H8N.C7H7Br.2Ir/c1-14-8-10-15(11-9-14)16-5-4-6-17(13-16)18-7-2-3-12-19-18;1-16(2)17(3,4)21-18(20-16)14-9-7-8-13(12-14)15-10-5-6-11-19-15;4*1-2-6-10(7-3-1)11-8-4-5-9-12-11;1-6-2-4-7(8)5-3-6;;/h2-5,7-13H,1H3;5-7,9-12H,1-4H3;4*1-6,8-9H;2-5H,1H3;;/q6*-1;;2*+3. The van der Waals surface area contributed by atoms with Crippen molar-refractivity contribution in [2.75, 3.05) is 0 Å². The smallest absolute Gasteiger partial charge is 0.400 e. The number of pyridine rings is 6. The molecule has 1 aliphatic rings. The molecule has 1 fully saturated rings. The molecule has 14 aromatic rings. The second kappa shape index (κ2) is 40.2. The molecule has 1 saturated heterocycles. The fraction of sp³-hybridized carbons (Fsp3) is 0.0930. The molecule has 0 aliphatic carbocycles. The largest absolute Gasteiger partial charge is 3.00 e. The van der Waals surface area contributed by atoms with Crippen LogP contribution in [0.2, 0.25) is 0 Å². The van der Waals surface area contributed by atoms with E-state index in [0.717, 1.165) is 77.5 Å². The van der Waals surface area contributed by atoms with Gasteiger partial charge in [0.1, 0.15) is 0 Å². The van der Waals surface area contributed by atoms with Crippen molar-refractivity contribution in [2.24, 2.45) is 0 Å². The average molecular weight is 1700 g/mol. The van der Waals surface area contributed by atoms with E-state index in [9.17, 15) is 0 Å². The molecule has 0 spiro atoms. The molecule has 0 atom stereocenters. The van der Waals surface area contributed by atoms with E-state index in [1.54, 1.807) is 31.0 Å². The summed E-state index contributed by atoms with van der Waals surface area (Å²) in [6, 6.07) is 114. The summed E-state index contributed by atoms with van der Waals surface area (Å²) in [5.74, 6) is 0. The summed E-state index contributed by atoms with van der Waals surface area (Å²) in [5, 5.41) is 0. The summed E-state index contributed by atoms with van der Waals surface area (Å²) in [6.07, 6.45) is 10.7. The van der Waals surface area contributed by atoms with Crippen LogP contribution >= 0.6 is 15.9 Å². The van der Waals surface area contributed by atoms with Crippen molar-refractivity contribution >= 4 is 28.5 Å². The van der Waals surface area contributed by atoms with Gasteiger partial charge < -0.3 is 39.2 Å². The number of hydrogen-bond donors (Lipinski definition) is 0. The normalized spacial score (nSPS) is 11.7. The number of aromatic nitrogens is 6. The Bertz CT molecular complexity index is 3970. The van der Waals surface area contributed by atoms with Crippen molar-refractivity contribution in [1.82, 2.24) is 29.9 Å². The van der Waals surface area contributed by atoms with Gasteiger partial charge in [0.05, 0.1) is 11.2 Å². The Morgan fingerprint density at radius 3 is 0.878 bits per heavy atom. The van der Waals surface area contributed by atoms with E-state index in [4.69, 9.17) is 9.31 Å². The molecule has 12 heteroatoms. The molecule has 0 radical (unpaired) electrons. The first-order valence-electron chi connectivity index (χ1n) is 31.4. The summed E-state index contributed by atoms with van der Waals surface area (Å²) < 4.78 is 13.3. The van der Waals surface area contributed by atoms with Crippen LogP contribution in [0.3, 0.4) is 0 Å². The summed E-state index contributed by atoms with van der Waals surface area (Å²) in [4.78, 5) is 25.6. The van der Waals surface area contributed by atoms with Gasteiger partial charge in [-0.25, -0.2) is 0 Å². The van der Waals surface area contributed by atoms with Crippen molar-refractivity contribution in [2.45, 2.75) is 52.7 Å². The van der Waals surface area contributed by atoms with Gasteiger partial charge in [-0.15, -0.1) is 214 Å². The maximum atomic E-state index is 6.08. The summed E-state index contributed by atoms with van der Waals surface area (Å²) in [5.41, 5.74) is 17.2. The zero-order valence-corrected chi connectivity index (χ0v) is 61.7. The average Bonchev–Trinajstić information content (AvgIpc) is 1.62. The molecule has 8 aromatic carbocycles. The van der Waals surface area contributed by atoms with E-state index in [1.165, 1.54) is 22.3 Å². The zero-order chi connectivity index (χ0) is 67.1. The SMILES string of the molecule is CC1(C)OB(c2cc[c-]c(-c3ccccn3)c2)OC1(C)C.Cc1ccc(-c2cc[c-]c(-c3ccccn3)c2)cc1.Cc1ccc(Br)cc1.[Ir+3].[Ir+3].[c-]1ccccc1-c1ccccn1.[c-]1ccccc1-c1ccccn1.[c-]1ccccc1-c1ccccn1.[c-]1ccccc1-c1ccccn1. The van der Waals surface area contributed by atoms with Crippen LogP contribution in [-0.2, 0) is 49.5 Å². The van der Waals surface area contributed by atoms with Crippen LogP contribution in [0.1, 0.15) is 38.8 Å². The van der Waals surface area contributed by atoms with Crippen molar-refractivity contribution in [3.63, 3.8) is 0 Å². The second-order valence-corrected chi connectivity index (χ2v) is 23.6. The van der Waals surface area contributed by atoms with Crippen molar-refractivity contribution in [3.8, 4) is 78.7 Å².